The summed E-state index contributed by atoms with van der Waals surface area (Å²) in [6.45, 7) is 10.3. The minimum atomic E-state index is -0.132. The number of hydrogen-bond acceptors (Lipinski definition) is 2. The topological polar surface area (TPSA) is 27.0 Å². The monoisotopic (exact) mass is 236 g/mol. The molecule has 2 heteroatoms. The van der Waals surface area contributed by atoms with Crippen LogP contribution in [0.4, 0.5) is 0 Å². The van der Waals surface area contributed by atoms with E-state index in [1.54, 1.807) is 0 Å². The van der Waals surface area contributed by atoms with Gasteiger partial charge in [-0.1, -0.05) is 13.3 Å². The fourth-order valence-electron chi connectivity index (χ4n) is 2.50. The molecule has 0 N–H and O–H groups in total. The zero-order chi connectivity index (χ0) is 12.7. The molecule has 0 aromatic heterocycles. The summed E-state index contributed by atoms with van der Waals surface area (Å²) in [5, 5.41) is 8.95. The number of likely N-dealkylation sites (tertiary alicyclic amines) is 1. The Morgan fingerprint density at radius 3 is 2.71 bits per heavy atom. The lowest BCUT2D eigenvalue weighted by molar-refractivity contribution is 0.269. The van der Waals surface area contributed by atoms with Crippen molar-refractivity contribution in [2.24, 2.45) is 11.3 Å². The highest BCUT2D eigenvalue weighted by Gasteiger charge is 2.17. The van der Waals surface area contributed by atoms with Crippen LogP contribution in [0.3, 0.4) is 0 Å². The highest BCUT2D eigenvalue weighted by atomic mass is 15.1. The molecule has 1 atom stereocenters. The van der Waals surface area contributed by atoms with Gasteiger partial charge in [0.1, 0.15) is 0 Å². The van der Waals surface area contributed by atoms with Crippen molar-refractivity contribution in [3.8, 4) is 6.07 Å². The Kier molecular flexibility index (Phi) is 5.98. The molecular formula is C15H28N2. The molecule has 2 nitrogen and oxygen atoms in total. The second-order valence-electron chi connectivity index (χ2n) is 6.33. The second-order valence-corrected chi connectivity index (χ2v) is 6.33. The van der Waals surface area contributed by atoms with Gasteiger partial charge in [-0.05, 0) is 71.5 Å². The number of hydrogen-bond donors (Lipinski definition) is 0. The Morgan fingerprint density at radius 2 is 2.00 bits per heavy atom. The van der Waals surface area contributed by atoms with Gasteiger partial charge < -0.3 is 4.90 Å². The Morgan fingerprint density at radius 1 is 1.24 bits per heavy atom. The molecule has 1 fully saturated rings. The number of nitrogens with zero attached hydrogens (tertiary/aromatic N) is 2. The lowest BCUT2D eigenvalue weighted by atomic mass is 9.89. The molecule has 0 aromatic rings. The van der Waals surface area contributed by atoms with Crippen molar-refractivity contribution in [3.63, 3.8) is 0 Å². The summed E-state index contributed by atoms with van der Waals surface area (Å²) < 4.78 is 0. The van der Waals surface area contributed by atoms with Crippen molar-refractivity contribution in [1.82, 2.24) is 4.90 Å². The van der Waals surface area contributed by atoms with Crippen molar-refractivity contribution in [3.05, 3.63) is 0 Å². The van der Waals surface area contributed by atoms with Gasteiger partial charge in [0.2, 0.25) is 0 Å². The van der Waals surface area contributed by atoms with Crippen molar-refractivity contribution < 1.29 is 0 Å². The molecule has 1 unspecified atom stereocenters. The molecule has 1 saturated heterocycles. The maximum absolute atomic E-state index is 8.95. The summed E-state index contributed by atoms with van der Waals surface area (Å²) in [6, 6.07) is 2.38. The molecular weight excluding hydrogens is 208 g/mol. The third-order valence-electron chi connectivity index (χ3n) is 3.94. The first-order valence-electron chi connectivity index (χ1n) is 7.17. The largest absolute Gasteiger partial charge is 0.303 e. The summed E-state index contributed by atoms with van der Waals surface area (Å²) >= 11 is 0. The first-order chi connectivity index (χ1) is 8.03. The molecule has 17 heavy (non-hydrogen) atoms. The minimum absolute atomic E-state index is 0.132. The van der Waals surface area contributed by atoms with Crippen LogP contribution in [0.15, 0.2) is 0 Å². The second kappa shape index (κ2) is 7.01. The fraction of sp³-hybridized carbons (Fsp3) is 0.933. The molecule has 1 aliphatic heterocycles. The molecule has 0 bridgehead atoms. The lowest BCUT2D eigenvalue weighted by Crippen LogP contribution is -2.26. The van der Waals surface area contributed by atoms with Crippen LogP contribution < -0.4 is 0 Å². The van der Waals surface area contributed by atoms with Gasteiger partial charge in [0.25, 0.3) is 0 Å². The van der Waals surface area contributed by atoms with Gasteiger partial charge in [-0.25, -0.2) is 0 Å². The van der Waals surface area contributed by atoms with Gasteiger partial charge in [-0.2, -0.15) is 5.26 Å². The molecule has 0 spiro atoms. The van der Waals surface area contributed by atoms with Gasteiger partial charge >= 0.3 is 0 Å². The normalized spacial score (nSPS) is 23.1. The van der Waals surface area contributed by atoms with E-state index in [-0.39, 0.29) is 5.41 Å². The van der Waals surface area contributed by atoms with E-state index < -0.39 is 0 Å². The Hall–Kier alpha value is -0.550. The van der Waals surface area contributed by atoms with E-state index in [1.165, 1.54) is 51.7 Å². The van der Waals surface area contributed by atoms with Crippen molar-refractivity contribution in [2.75, 3.05) is 19.6 Å². The maximum atomic E-state index is 8.95. The molecule has 0 radical (unpaired) electrons. The van der Waals surface area contributed by atoms with Crippen LogP contribution >= 0.6 is 0 Å². The number of rotatable bonds is 5. The summed E-state index contributed by atoms with van der Waals surface area (Å²) in [6.07, 6.45) is 7.60. The summed E-state index contributed by atoms with van der Waals surface area (Å²) in [4.78, 5) is 2.61. The Bertz CT molecular complexity index is 252. The smallest absolute Gasteiger partial charge is 0.0683 e. The standard InChI is InChI=1S/C15H28N2/c1-14-7-6-11-17(12-8-14)10-5-4-9-15(2,3)13-16/h14H,4-12H2,1-3H3. The third kappa shape index (κ3) is 6.07. The average Bonchev–Trinajstić information content (AvgIpc) is 2.50. The highest BCUT2D eigenvalue weighted by Crippen LogP contribution is 2.22. The summed E-state index contributed by atoms with van der Waals surface area (Å²) in [5.74, 6) is 0.914. The van der Waals surface area contributed by atoms with E-state index in [0.717, 1.165) is 12.3 Å². The zero-order valence-electron chi connectivity index (χ0n) is 11.8. The van der Waals surface area contributed by atoms with Gasteiger partial charge in [0.15, 0.2) is 0 Å². The van der Waals surface area contributed by atoms with E-state index in [0.29, 0.717) is 0 Å². The molecule has 1 rings (SSSR count). The predicted molar refractivity (Wildman–Crippen MR) is 72.7 cm³/mol. The molecule has 0 aromatic carbocycles. The van der Waals surface area contributed by atoms with Gasteiger partial charge in [-0.3, -0.25) is 0 Å². The van der Waals surface area contributed by atoms with Crippen LogP contribution in [0.1, 0.15) is 59.3 Å². The van der Waals surface area contributed by atoms with Gasteiger partial charge in [0, 0.05) is 0 Å². The van der Waals surface area contributed by atoms with Crippen LogP contribution in [0.25, 0.3) is 0 Å². The van der Waals surface area contributed by atoms with E-state index >= 15 is 0 Å². The highest BCUT2D eigenvalue weighted by molar-refractivity contribution is 4.91. The molecule has 0 amide bonds. The molecule has 98 valence electrons. The summed E-state index contributed by atoms with van der Waals surface area (Å²) in [7, 11) is 0. The molecule has 0 saturated carbocycles. The molecule has 1 heterocycles. The van der Waals surface area contributed by atoms with Crippen LogP contribution in [0, 0.1) is 22.7 Å². The van der Waals surface area contributed by atoms with Crippen molar-refractivity contribution in [2.45, 2.75) is 59.3 Å². The number of nitriles is 1. The molecule has 0 aliphatic carbocycles. The van der Waals surface area contributed by atoms with Crippen LogP contribution in [-0.2, 0) is 0 Å². The molecule has 1 aliphatic rings. The van der Waals surface area contributed by atoms with Gasteiger partial charge in [0.05, 0.1) is 11.5 Å². The van der Waals surface area contributed by atoms with Crippen LogP contribution in [0.2, 0.25) is 0 Å². The third-order valence-corrected chi connectivity index (χ3v) is 3.94. The number of unbranched alkanes of at least 4 members (excludes halogenated alkanes) is 1. The predicted octanol–water partition coefficient (Wildman–Crippen LogP) is 3.83. The fourth-order valence-corrected chi connectivity index (χ4v) is 2.50. The maximum Gasteiger partial charge on any atom is 0.0683 e. The first kappa shape index (κ1) is 14.5. The Balaban J connectivity index is 2.12. The lowest BCUT2D eigenvalue weighted by Gasteiger charge is -2.21. The van der Waals surface area contributed by atoms with E-state index in [4.69, 9.17) is 5.26 Å². The Labute approximate surface area is 107 Å². The van der Waals surface area contributed by atoms with Gasteiger partial charge in [-0.15, -0.1) is 0 Å². The van der Waals surface area contributed by atoms with Crippen LogP contribution in [0.5, 0.6) is 0 Å². The average molecular weight is 236 g/mol. The van der Waals surface area contributed by atoms with Crippen molar-refractivity contribution in [1.29, 1.82) is 5.26 Å². The SMILES string of the molecule is CC1CCCN(CCCCC(C)(C)C#N)CC1. The van der Waals surface area contributed by atoms with E-state index in [9.17, 15) is 0 Å². The van der Waals surface area contributed by atoms with E-state index in [2.05, 4.69) is 17.9 Å². The minimum Gasteiger partial charge on any atom is -0.303 e. The first-order valence-corrected chi connectivity index (χ1v) is 7.17. The van der Waals surface area contributed by atoms with Crippen LogP contribution in [-0.4, -0.2) is 24.5 Å². The van der Waals surface area contributed by atoms with E-state index in [1.807, 2.05) is 13.8 Å². The quantitative estimate of drug-likeness (QED) is 0.678. The zero-order valence-corrected chi connectivity index (χ0v) is 11.8. The summed E-state index contributed by atoms with van der Waals surface area (Å²) in [5.41, 5.74) is -0.132. The van der Waals surface area contributed by atoms with Crippen molar-refractivity contribution >= 4 is 0 Å².